The van der Waals surface area contributed by atoms with Gasteiger partial charge in [-0.1, -0.05) is 10.1 Å². The molecule has 0 spiro atoms. The first kappa shape index (κ1) is 15.4. The monoisotopic (exact) mass is 345 g/mol. The third kappa shape index (κ3) is 2.21. The van der Waals surface area contributed by atoms with Crippen molar-refractivity contribution in [1.82, 2.24) is 10.1 Å². The number of nitrogens with zero attached hydrogens (tertiary/aromatic N) is 3. The summed E-state index contributed by atoms with van der Waals surface area (Å²) in [5, 5.41) is 0. The molecule has 3 N–H and O–H groups in total. The highest BCUT2D eigenvalue weighted by atomic mass is 19.1. The second kappa shape index (κ2) is 5.17. The Morgan fingerprint density at radius 3 is 2.88 bits per heavy atom. The van der Waals surface area contributed by atoms with E-state index in [1.165, 1.54) is 0 Å². The summed E-state index contributed by atoms with van der Waals surface area (Å²) in [6.07, 6.45) is 1.43. The lowest BCUT2D eigenvalue weighted by Gasteiger charge is -2.08. The zero-order valence-electron chi connectivity index (χ0n) is 13.3. The van der Waals surface area contributed by atoms with Crippen LogP contribution in [0.25, 0.3) is 0 Å². The topological polar surface area (TPSA) is 104 Å². The van der Waals surface area contributed by atoms with E-state index in [4.69, 9.17) is 10.5 Å². The number of amidine groups is 1. The van der Waals surface area contributed by atoms with Crippen LogP contribution in [0.4, 0.5) is 14.5 Å². The summed E-state index contributed by atoms with van der Waals surface area (Å²) in [5.74, 6) is -2.56. The van der Waals surface area contributed by atoms with Crippen molar-refractivity contribution < 1.29 is 23.0 Å². The van der Waals surface area contributed by atoms with Crippen LogP contribution in [0.5, 0.6) is 0 Å². The van der Waals surface area contributed by atoms with E-state index in [2.05, 4.69) is 15.1 Å². The van der Waals surface area contributed by atoms with Gasteiger partial charge in [-0.05, 0) is 17.1 Å². The van der Waals surface area contributed by atoms with E-state index in [0.29, 0.717) is 17.1 Å². The number of hydrazone groups is 1. The molecular weight excluding hydrogens is 332 g/mol. The largest absolute Gasteiger partial charge is 0.428 e. The van der Waals surface area contributed by atoms with E-state index >= 15 is 0 Å². The fraction of sp³-hybridized carbons (Fsp3) is 0.188. The number of carbonyl (C=O) groups excluding carboxylic acids is 1. The smallest absolute Gasteiger partial charge is 0.396 e. The number of Topliss-reactive ketones (excluding diaryl/α,β-unsaturated/α-hetero) is 1. The summed E-state index contributed by atoms with van der Waals surface area (Å²) in [6, 6.07) is 2.02. The second-order valence-corrected chi connectivity index (χ2v) is 5.67. The summed E-state index contributed by atoms with van der Waals surface area (Å²) in [6.45, 7) is 1.83. The molecular formula is C16H13F2N5O2+2. The zero-order chi connectivity index (χ0) is 17.9. The van der Waals surface area contributed by atoms with Gasteiger partial charge in [0.2, 0.25) is 11.5 Å². The molecule has 1 aromatic rings. The fourth-order valence-corrected chi connectivity index (χ4v) is 2.67. The Morgan fingerprint density at radius 2 is 2.20 bits per heavy atom. The Bertz CT molecular complexity index is 1020. The molecule has 0 aliphatic carbocycles. The van der Waals surface area contributed by atoms with Crippen LogP contribution >= 0.6 is 0 Å². The molecule has 3 aliphatic heterocycles. The van der Waals surface area contributed by atoms with Gasteiger partial charge < -0.3 is 10.5 Å². The van der Waals surface area contributed by atoms with Crippen LogP contribution < -0.4 is 15.8 Å². The number of aliphatic imine (C=N–C) groups is 1. The fourth-order valence-electron chi connectivity index (χ4n) is 2.67. The molecule has 1 aromatic carbocycles. The average Bonchev–Trinajstić information content (AvgIpc) is 3.29. The Morgan fingerprint density at radius 1 is 1.44 bits per heavy atom. The van der Waals surface area contributed by atoms with Crippen molar-refractivity contribution in [3.8, 4) is 0 Å². The summed E-state index contributed by atoms with van der Waals surface area (Å²) < 4.78 is 39.1. The van der Waals surface area contributed by atoms with Gasteiger partial charge in [-0.2, -0.15) is 4.67 Å². The highest BCUT2D eigenvalue weighted by Crippen LogP contribution is 2.25. The second-order valence-electron chi connectivity index (χ2n) is 5.67. The molecule has 0 bridgehead atoms. The van der Waals surface area contributed by atoms with Gasteiger partial charge >= 0.3 is 12.2 Å². The van der Waals surface area contributed by atoms with E-state index in [1.54, 1.807) is 17.9 Å². The third-order valence-corrected chi connectivity index (χ3v) is 4.16. The number of ketones is 1. The number of nitrogen functional groups attached to an aromatic ring is 1. The van der Waals surface area contributed by atoms with Crippen molar-refractivity contribution in [2.45, 2.75) is 13.3 Å². The number of hydrazine groups is 1. The number of benzene rings is 1. The molecule has 1 unspecified atom stereocenters. The normalized spacial score (nSPS) is 22.0. The number of halogens is 2. The Balaban J connectivity index is 1.64. The number of methoxy groups -OCH3 is 1. The number of nitrogens with one attached hydrogen (secondary N) is 1. The first-order valence-electron chi connectivity index (χ1n) is 7.39. The number of anilines is 1. The maximum absolute atomic E-state index is 14.0. The lowest BCUT2D eigenvalue weighted by Crippen LogP contribution is -2.31. The van der Waals surface area contributed by atoms with Crippen molar-refractivity contribution in [1.29, 1.82) is 0 Å². The van der Waals surface area contributed by atoms with Crippen LogP contribution in [0.2, 0.25) is 0 Å². The molecule has 4 rings (SSSR count). The minimum Gasteiger partial charge on any atom is -0.396 e. The van der Waals surface area contributed by atoms with Gasteiger partial charge in [-0.3, -0.25) is 4.79 Å². The number of carbonyl (C=O) groups is 1. The van der Waals surface area contributed by atoms with Gasteiger partial charge in [0.05, 0.1) is 5.69 Å². The highest BCUT2D eigenvalue weighted by Gasteiger charge is 2.50. The maximum atomic E-state index is 14.0. The van der Waals surface area contributed by atoms with Gasteiger partial charge in [0, 0.05) is 20.1 Å². The minimum atomic E-state index is -1.08. The highest BCUT2D eigenvalue weighted by molar-refractivity contribution is 6.65. The Hall–Kier alpha value is -3.16. The van der Waals surface area contributed by atoms with Crippen LogP contribution in [0.15, 0.2) is 28.8 Å². The zero-order valence-corrected chi connectivity index (χ0v) is 13.3. The molecule has 0 aromatic heterocycles. The predicted molar refractivity (Wildman–Crippen MR) is 87.6 cm³/mol. The summed E-state index contributed by atoms with van der Waals surface area (Å²) in [4.78, 5) is 16.5. The number of ether oxygens (including phenoxy) is 1. The van der Waals surface area contributed by atoms with E-state index in [0.717, 1.165) is 17.8 Å². The molecule has 0 saturated carbocycles. The van der Waals surface area contributed by atoms with Gasteiger partial charge in [-0.25, -0.2) is 8.78 Å². The van der Waals surface area contributed by atoms with Crippen molar-refractivity contribution in [2.75, 3.05) is 12.8 Å². The summed E-state index contributed by atoms with van der Waals surface area (Å²) >= 11 is 0. The van der Waals surface area contributed by atoms with Crippen molar-refractivity contribution >= 4 is 34.4 Å². The molecule has 25 heavy (non-hydrogen) atoms. The summed E-state index contributed by atoms with van der Waals surface area (Å²) in [5.41, 5.74) is 9.17. The van der Waals surface area contributed by atoms with Gasteiger partial charge in [0.15, 0.2) is 5.82 Å². The predicted octanol–water partition coefficient (Wildman–Crippen LogP) is -0.0474. The molecule has 7 nitrogen and oxygen atoms in total. The molecule has 3 aliphatic rings. The quantitative estimate of drug-likeness (QED) is 0.263. The van der Waals surface area contributed by atoms with E-state index in [-0.39, 0.29) is 17.8 Å². The van der Waals surface area contributed by atoms with Crippen molar-refractivity contribution in [2.24, 2.45) is 4.99 Å². The maximum Gasteiger partial charge on any atom is 0.428 e. The van der Waals surface area contributed by atoms with Crippen LogP contribution in [0, 0.1) is 11.6 Å². The standard InChI is InChI=1S/C16H12F2N5O2/c1-6(23-16(22-23)25-2)10-5-7-13(21-15(7)20-10)14(24)11-8(17)3-4-9(19)12(11)18/h3-5,16H,19H2,1-2H3/q+1/p+1. The number of hydrogen-bond donors (Lipinski definition) is 2. The minimum absolute atomic E-state index is 0.0352. The first-order valence-corrected chi connectivity index (χ1v) is 7.39. The number of fused-ring (bicyclic) bond motifs is 1. The van der Waals surface area contributed by atoms with E-state index < -0.39 is 23.0 Å². The molecule has 1 fully saturated rings. The van der Waals surface area contributed by atoms with Gasteiger partial charge in [0.1, 0.15) is 17.0 Å². The van der Waals surface area contributed by atoms with Crippen molar-refractivity contribution in [3.63, 3.8) is 0 Å². The lowest BCUT2D eigenvalue weighted by atomic mass is 9.94. The lowest BCUT2D eigenvalue weighted by molar-refractivity contribution is -0.423. The molecule has 9 heteroatoms. The average molecular weight is 345 g/mol. The number of nitrogens with two attached hydrogens (primary N) is 1. The van der Waals surface area contributed by atoms with E-state index in [9.17, 15) is 13.6 Å². The van der Waals surface area contributed by atoms with Crippen LogP contribution in [-0.4, -0.2) is 46.9 Å². The van der Waals surface area contributed by atoms with Gasteiger partial charge in [0.25, 0.3) is 11.4 Å². The third-order valence-electron chi connectivity index (χ3n) is 4.16. The molecule has 0 radical (unpaired) electrons. The van der Waals surface area contributed by atoms with Crippen LogP contribution in [0.1, 0.15) is 17.3 Å². The van der Waals surface area contributed by atoms with Crippen LogP contribution in [-0.2, 0) is 4.74 Å². The Kier molecular flexibility index (Phi) is 3.18. The SMILES string of the molecule is COC1N[N+]1=C(C)C1=[N+]=C2N=C(C(=O)c3c(F)ccc(N)c3F)C2=C1. The molecule has 1 atom stereocenters. The number of hydrogen-bond acceptors (Lipinski definition) is 5. The van der Waals surface area contributed by atoms with Crippen LogP contribution in [0.3, 0.4) is 0 Å². The molecule has 3 heterocycles. The molecule has 0 amide bonds. The first-order chi connectivity index (χ1) is 11.9. The summed E-state index contributed by atoms with van der Waals surface area (Å²) in [7, 11) is 1.56. The number of rotatable bonds is 4. The molecule has 1 saturated heterocycles. The van der Waals surface area contributed by atoms with E-state index in [1.807, 2.05) is 6.92 Å². The van der Waals surface area contributed by atoms with Crippen molar-refractivity contribution in [3.05, 3.63) is 41.0 Å². The Labute approximate surface area is 140 Å². The number of allylic oxidation sites excluding steroid dienone is 1. The molecule has 126 valence electrons. The van der Waals surface area contributed by atoms with Gasteiger partial charge in [-0.15, -0.1) is 0 Å².